The van der Waals surface area contributed by atoms with E-state index in [0.29, 0.717) is 17.7 Å². The fourth-order valence-electron chi connectivity index (χ4n) is 3.10. The fraction of sp³-hybridized carbons (Fsp3) is 0.409. The first-order valence-electron chi connectivity index (χ1n) is 9.35. The van der Waals surface area contributed by atoms with Crippen molar-refractivity contribution in [3.63, 3.8) is 0 Å². The summed E-state index contributed by atoms with van der Waals surface area (Å²) in [5.74, 6) is -0.636. The van der Waals surface area contributed by atoms with E-state index in [4.69, 9.17) is 4.74 Å². The molecule has 0 aliphatic heterocycles. The van der Waals surface area contributed by atoms with Gasteiger partial charge in [-0.2, -0.15) is 0 Å². The minimum absolute atomic E-state index is 0.265. The van der Waals surface area contributed by atoms with Crippen molar-refractivity contribution in [1.29, 1.82) is 0 Å². The van der Waals surface area contributed by atoms with Crippen molar-refractivity contribution < 1.29 is 14.6 Å². The van der Waals surface area contributed by atoms with Crippen molar-refractivity contribution in [3.05, 3.63) is 71.8 Å². The quantitative estimate of drug-likeness (QED) is 0.662. The van der Waals surface area contributed by atoms with Crippen LogP contribution in [0, 0.1) is 0 Å². The van der Waals surface area contributed by atoms with Crippen molar-refractivity contribution in [2.24, 2.45) is 0 Å². The smallest absolute Gasteiger partial charge is 0.347 e. The van der Waals surface area contributed by atoms with Crippen LogP contribution in [0.3, 0.4) is 0 Å². The third kappa shape index (κ3) is 4.93. The third-order valence-electron chi connectivity index (χ3n) is 4.40. The minimum atomic E-state index is -1.80. The number of carbonyl (C=O) groups is 1. The Kier molecular flexibility index (Phi) is 7.82. The number of aliphatic hydroxyl groups is 1. The van der Waals surface area contributed by atoms with Gasteiger partial charge in [-0.3, -0.25) is 4.90 Å². The Hall–Kier alpha value is -2.17. The first-order valence-corrected chi connectivity index (χ1v) is 9.35. The predicted molar refractivity (Wildman–Crippen MR) is 104 cm³/mol. The number of benzene rings is 2. The van der Waals surface area contributed by atoms with E-state index in [0.717, 1.165) is 25.9 Å². The summed E-state index contributed by atoms with van der Waals surface area (Å²) in [5.41, 5.74) is -0.784. The van der Waals surface area contributed by atoms with Crippen molar-refractivity contribution in [2.75, 3.05) is 26.2 Å². The van der Waals surface area contributed by atoms with Crippen LogP contribution in [0.15, 0.2) is 60.7 Å². The summed E-state index contributed by atoms with van der Waals surface area (Å²) < 4.78 is 5.51. The van der Waals surface area contributed by atoms with Crippen LogP contribution in [0.25, 0.3) is 0 Å². The second kappa shape index (κ2) is 10.1. The highest BCUT2D eigenvalue weighted by Gasteiger charge is 2.41. The molecule has 0 atom stereocenters. The number of carbonyl (C=O) groups excluding carboxylic acids is 1. The Morgan fingerprint density at radius 1 is 0.885 bits per heavy atom. The van der Waals surface area contributed by atoms with Gasteiger partial charge in [-0.1, -0.05) is 74.5 Å². The lowest BCUT2D eigenvalue weighted by atomic mass is 9.86. The molecule has 0 heterocycles. The van der Waals surface area contributed by atoms with E-state index in [1.807, 2.05) is 12.1 Å². The van der Waals surface area contributed by atoms with Gasteiger partial charge in [-0.05, 0) is 37.1 Å². The number of hydrogen-bond donors (Lipinski definition) is 1. The van der Waals surface area contributed by atoms with E-state index < -0.39 is 11.6 Å². The van der Waals surface area contributed by atoms with E-state index >= 15 is 0 Å². The number of nitrogens with zero attached hydrogens (tertiary/aromatic N) is 1. The molecular weight excluding hydrogens is 326 g/mol. The molecule has 0 aromatic heterocycles. The Balaban J connectivity index is 2.15. The van der Waals surface area contributed by atoms with E-state index in [-0.39, 0.29) is 6.61 Å². The monoisotopic (exact) mass is 355 g/mol. The topological polar surface area (TPSA) is 49.8 Å². The van der Waals surface area contributed by atoms with Crippen LogP contribution in [0.1, 0.15) is 37.8 Å². The Labute approximate surface area is 156 Å². The Morgan fingerprint density at radius 2 is 1.35 bits per heavy atom. The van der Waals surface area contributed by atoms with E-state index in [9.17, 15) is 9.90 Å². The summed E-state index contributed by atoms with van der Waals surface area (Å²) in [5, 5.41) is 11.3. The molecule has 2 aromatic rings. The van der Waals surface area contributed by atoms with Crippen LogP contribution in [0.5, 0.6) is 0 Å². The van der Waals surface area contributed by atoms with Crippen LogP contribution in [-0.2, 0) is 15.1 Å². The van der Waals surface area contributed by atoms with Gasteiger partial charge in [0.25, 0.3) is 0 Å². The maximum atomic E-state index is 12.9. The van der Waals surface area contributed by atoms with Gasteiger partial charge in [0, 0.05) is 6.54 Å². The molecule has 4 nitrogen and oxygen atoms in total. The average Bonchev–Trinajstić information content (AvgIpc) is 2.69. The molecule has 0 bridgehead atoms. The van der Waals surface area contributed by atoms with Gasteiger partial charge < -0.3 is 9.84 Å². The highest BCUT2D eigenvalue weighted by Crippen LogP contribution is 2.30. The van der Waals surface area contributed by atoms with Gasteiger partial charge in [0.2, 0.25) is 5.60 Å². The zero-order chi connectivity index (χ0) is 18.8. The van der Waals surface area contributed by atoms with Crippen molar-refractivity contribution in [3.8, 4) is 0 Å². The van der Waals surface area contributed by atoms with Gasteiger partial charge in [0.15, 0.2) is 0 Å². The standard InChI is InChI=1S/C22H29NO3/c1-3-15-23(16-4-2)17-18-26-21(24)22(25,19-11-7-5-8-12-19)20-13-9-6-10-14-20/h5-14,25H,3-4,15-18H2,1-2H3. The van der Waals surface area contributed by atoms with Crippen molar-refractivity contribution in [2.45, 2.75) is 32.3 Å². The second-order valence-corrected chi connectivity index (χ2v) is 6.42. The number of hydrogen-bond acceptors (Lipinski definition) is 4. The first kappa shape index (κ1) is 20.1. The van der Waals surface area contributed by atoms with Crippen molar-refractivity contribution >= 4 is 5.97 Å². The summed E-state index contributed by atoms with van der Waals surface area (Å²) in [6.45, 7) is 7.17. The molecule has 0 aliphatic carbocycles. The normalized spacial score (nSPS) is 11.5. The summed E-state index contributed by atoms with van der Waals surface area (Å²) in [6, 6.07) is 17.9. The molecule has 0 saturated heterocycles. The van der Waals surface area contributed by atoms with Gasteiger partial charge in [-0.25, -0.2) is 4.79 Å². The zero-order valence-corrected chi connectivity index (χ0v) is 15.7. The molecule has 0 spiro atoms. The second-order valence-electron chi connectivity index (χ2n) is 6.42. The molecule has 0 saturated carbocycles. The minimum Gasteiger partial charge on any atom is -0.462 e. The van der Waals surface area contributed by atoms with E-state index in [1.165, 1.54) is 0 Å². The summed E-state index contributed by atoms with van der Waals surface area (Å²) in [4.78, 5) is 15.1. The van der Waals surface area contributed by atoms with Crippen LogP contribution >= 0.6 is 0 Å². The van der Waals surface area contributed by atoms with Gasteiger partial charge in [0.1, 0.15) is 6.61 Å². The molecular formula is C22H29NO3. The van der Waals surface area contributed by atoms with Crippen LogP contribution < -0.4 is 0 Å². The average molecular weight is 355 g/mol. The van der Waals surface area contributed by atoms with Crippen molar-refractivity contribution in [1.82, 2.24) is 4.90 Å². The first-order chi connectivity index (χ1) is 12.6. The maximum absolute atomic E-state index is 12.9. The largest absolute Gasteiger partial charge is 0.462 e. The van der Waals surface area contributed by atoms with Crippen LogP contribution in [-0.4, -0.2) is 42.2 Å². The third-order valence-corrected chi connectivity index (χ3v) is 4.40. The zero-order valence-electron chi connectivity index (χ0n) is 15.7. The van der Waals surface area contributed by atoms with Crippen LogP contribution in [0.4, 0.5) is 0 Å². The molecule has 0 fully saturated rings. The number of ether oxygens (including phenoxy) is 1. The summed E-state index contributed by atoms with van der Waals surface area (Å²) in [7, 11) is 0. The molecule has 4 heteroatoms. The Bertz CT molecular complexity index is 612. The summed E-state index contributed by atoms with van der Waals surface area (Å²) >= 11 is 0. The highest BCUT2D eigenvalue weighted by atomic mass is 16.5. The highest BCUT2D eigenvalue weighted by molar-refractivity contribution is 5.85. The lowest BCUT2D eigenvalue weighted by molar-refractivity contribution is -0.162. The maximum Gasteiger partial charge on any atom is 0.347 e. The lowest BCUT2D eigenvalue weighted by Gasteiger charge is -2.28. The molecule has 140 valence electrons. The predicted octanol–water partition coefficient (Wildman–Crippen LogP) is 3.59. The molecule has 0 aliphatic rings. The molecule has 26 heavy (non-hydrogen) atoms. The lowest BCUT2D eigenvalue weighted by Crippen LogP contribution is -2.40. The van der Waals surface area contributed by atoms with Gasteiger partial charge >= 0.3 is 5.97 Å². The van der Waals surface area contributed by atoms with Gasteiger partial charge in [0.05, 0.1) is 0 Å². The number of rotatable bonds is 10. The fourth-order valence-corrected chi connectivity index (χ4v) is 3.10. The van der Waals surface area contributed by atoms with Crippen LogP contribution in [0.2, 0.25) is 0 Å². The Morgan fingerprint density at radius 3 is 1.77 bits per heavy atom. The van der Waals surface area contributed by atoms with E-state index in [1.54, 1.807) is 48.5 Å². The molecule has 0 radical (unpaired) electrons. The SMILES string of the molecule is CCCN(CCC)CCOC(=O)C(O)(c1ccccc1)c1ccccc1. The molecule has 2 aromatic carbocycles. The number of esters is 1. The molecule has 0 unspecified atom stereocenters. The van der Waals surface area contributed by atoms with E-state index in [2.05, 4.69) is 18.7 Å². The molecule has 1 N–H and O–H groups in total. The summed E-state index contributed by atoms with van der Waals surface area (Å²) in [6.07, 6.45) is 2.12. The molecule has 2 rings (SSSR count). The van der Waals surface area contributed by atoms with Gasteiger partial charge in [-0.15, -0.1) is 0 Å². The molecule has 0 amide bonds.